The molecule has 0 aliphatic rings. The number of alkyl halides is 3. The van der Waals surface area contributed by atoms with Crippen LogP contribution in [0.5, 0.6) is 0 Å². The van der Waals surface area contributed by atoms with Gasteiger partial charge in [0.05, 0.1) is 5.56 Å². The second kappa shape index (κ2) is 6.37. The molecule has 0 radical (unpaired) electrons. The zero-order valence-corrected chi connectivity index (χ0v) is 10.3. The fourth-order valence-corrected chi connectivity index (χ4v) is 1.18. The molecular weight excluding hydrogens is 231 g/mol. The Morgan fingerprint density at radius 3 is 2.00 bits per heavy atom. The van der Waals surface area contributed by atoms with Crippen LogP contribution in [0.4, 0.5) is 18.9 Å². The highest BCUT2D eigenvalue weighted by Gasteiger charge is 2.31. The van der Waals surface area contributed by atoms with Gasteiger partial charge in [-0.25, -0.2) is 0 Å². The zero-order valence-electron chi connectivity index (χ0n) is 10.3. The van der Waals surface area contributed by atoms with Gasteiger partial charge in [-0.15, -0.1) is 4.91 Å². The van der Waals surface area contributed by atoms with Gasteiger partial charge < -0.3 is 0 Å². The van der Waals surface area contributed by atoms with E-state index in [0.717, 1.165) is 12.1 Å². The smallest absolute Gasteiger partial charge is 0.166 e. The van der Waals surface area contributed by atoms with Gasteiger partial charge in [0.25, 0.3) is 0 Å². The lowest BCUT2D eigenvalue weighted by Crippen LogP contribution is -2.05. The molecular formula is C12H16F3NO. The fraction of sp³-hybridized carbons (Fsp3) is 0.500. The second-order valence-corrected chi connectivity index (χ2v) is 3.56. The summed E-state index contributed by atoms with van der Waals surface area (Å²) in [7, 11) is 0. The highest BCUT2D eigenvalue weighted by molar-refractivity contribution is 5.45. The average Bonchev–Trinajstić information content (AvgIpc) is 2.29. The van der Waals surface area contributed by atoms with Crippen LogP contribution in [0.25, 0.3) is 0 Å². The van der Waals surface area contributed by atoms with Gasteiger partial charge in [0, 0.05) is 0 Å². The molecule has 96 valence electrons. The standard InChI is InChI=1S/C10H10F3NO.C2H6/c1-6(2)7-3-8(10(11,12)13)5-9(4-7)14-15;1-2/h3-6H,1-2H3;1-2H3. The molecule has 0 bridgehead atoms. The van der Waals surface area contributed by atoms with E-state index in [1.54, 1.807) is 13.8 Å². The molecule has 1 aromatic carbocycles. The van der Waals surface area contributed by atoms with E-state index in [2.05, 4.69) is 5.18 Å². The van der Waals surface area contributed by atoms with Gasteiger partial charge in [-0.2, -0.15) is 13.2 Å². The number of benzene rings is 1. The van der Waals surface area contributed by atoms with Gasteiger partial charge in [0.1, 0.15) is 5.69 Å². The highest BCUT2D eigenvalue weighted by Crippen LogP contribution is 2.34. The predicted octanol–water partition coefficient (Wildman–Crippen LogP) is 5.25. The Kier molecular flexibility index (Phi) is 5.85. The maximum absolute atomic E-state index is 12.4. The molecule has 2 nitrogen and oxygen atoms in total. The summed E-state index contributed by atoms with van der Waals surface area (Å²) in [6.07, 6.45) is -4.44. The first-order valence-corrected chi connectivity index (χ1v) is 5.40. The molecule has 0 atom stereocenters. The first-order chi connectivity index (χ1) is 7.84. The van der Waals surface area contributed by atoms with E-state index in [1.807, 2.05) is 13.8 Å². The first-order valence-electron chi connectivity index (χ1n) is 5.40. The summed E-state index contributed by atoms with van der Waals surface area (Å²) in [5.41, 5.74) is -0.559. The van der Waals surface area contributed by atoms with Gasteiger partial charge in [-0.1, -0.05) is 27.7 Å². The molecule has 1 rings (SSSR count). The van der Waals surface area contributed by atoms with Gasteiger partial charge in [-0.05, 0) is 34.9 Å². The maximum atomic E-state index is 12.4. The monoisotopic (exact) mass is 247 g/mol. The van der Waals surface area contributed by atoms with Crippen molar-refractivity contribution in [3.05, 3.63) is 34.2 Å². The normalized spacial score (nSPS) is 10.8. The Hall–Kier alpha value is -1.39. The van der Waals surface area contributed by atoms with E-state index < -0.39 is 11.7 Å². The highest BCUT2D eigenvalue weighted by atomic mass is 19.4. The lowest BCUT2D eigenvalue weighted by atomic mass is 10.00. The molecule has 0 aliphatic carbocycles. The van der Waals surface area contributed by atoms with Gasteiger partial charge >= 0.3 is 6.18 Å². The van der Waals surface area contributed by atoms with Gasteiger partial charge in [0.2, 0.25) is 0 Å². The Morgan fingerprint density at radius 2 is 1.65 bits per heavy atom. The summed E-state index contributed by atoms with van der Waals surface area (Å²) in [6, 6.07) is 3.16. The summed E-state index contributed by atoms with van der Waals surface area (Å²) in [4.78, 5) is 10.2. The van der Waals surface area contributed by atoms with Crippen molar-refractivity contribution in [3.63, 3.8) is 0 Å². The van der Waals surface area contributed by atoms with Gasteiger partial charge in [-0.3, -0.25) is 0 Å². The first kappa shape index (κ1) is 15.6. The third-order valence-corrected chi connectivity index (χ3v) is 2.04. The second-order valence-electron chi connectivity index (χ2n) is 3.56. The van der Waals surface area contributed by atoms with E-state index in [0.29, 0.717) is 5.56 Å². The summed E-state index contributed by atoms with van der Waals surface area (Å²) in [5, 5.41) is 2.54. The Morgan fingerprint density at radius 1 is 1.12 bits per heavy atom. The molecule has 17 heavy (non-hydrogen) atoms. The molecule has 0 spiro atoms. The lowest BCUT2D eigenvalue weighted by molar-refractivity contribution is -0.137. The van der Waals surface area contributed by atoms with Crippen LogP contribution in [0.1, 0.15) is 44.7 Å². The molecule has 1 aromatic rings. The molecule has 0 aliphatic heterocycles. The number of halogens is 3. The van der Waals surface area contributed by atoms with Crippen LogP contribution in [-0.2, 0) is 6.18 Å². The molecule has 0 heterocycles. The van der Waals surface area contributed by atoms with Crippen molar-refractivity contribution in [3.8, 4) is 0 Å². The average molecular weight is 247 g/mol. The predicted molar refractivity (Wildman–Crippen MR) is 62.3 cm³/mol. The van der Waals surface area contributed by atoms with Crippen molar-refractivity contribution >= 4 is 5.69 Å². The molecule has 0 N–H and O–H groups in total. The molecule has 0 amide bonds. The molecule has 0 aromatic heterocycles. The molecule has 0 saturated carbocycles. The molecule has 0 unspecified atom stereocenters. The lowest BCUT2D eigenvalue weighted by Gasteiger charge is -2.11. The third kappa shape index (κ3) is 4.54. The molecule has 0 fully saturated rings. The van der Waals surface area contributed by atoms with Crippen molar-refractivity contribution in [1.82, 2.24) is 0 Å². The minimum absolute atomic E-state index is 0.0761. The van der Waals surface area contributed by atoms with Crippen LogP contribution in [-0.4, -0.2) is 0 Å². The van der Waals surface area contributed by atoms with E-state index >= 15 is 0 Å². The number of hydrogen-bond donors (Lipinski definition) is 0. The van der Waals surface area contributed by atoms with Crippen molar-refractivity contribution in [2.24, 2.45) is 5.18 Å². The summed E-state index contributed by atoms with van der Waals surface area (Å²) < 4.78 is 37.2. The summed E-state index contributed by atoms with van der Waals surface area (Å²) >= 11 is 0. The third-order valence-electron chi connectivity index (χ3n) is 2.04. The van der Waals surface area contributed by atoms with Crippen LogP contribution in [0, 0.1) is 4.91 Å². The molecule has 5 heteroatoms. The SMILES string of the molecule is CC.CC(C)c1cc(N=O)cc(C(F)(F)F)c1. The number of nitroso groups, excluding NO2 is 1. The van der Waals surface area contributed by atoms with Crippen molar-refractivity contribution < 1.29 is 13.2 Å². The summed E-state index contributed by atoms with van der Waals surface area (Å²) in [6.45, 7) is 7.51. The number of rotatable bonds is 2. The van der Waals surface area contributed by atoms with E-state index in [4.69, 9.17) is 0 Å². The topological polar surface area (TPSA) is 29.4 Å². The Bertz CT molecular complexity index is 373. The minimum atomic E-state index is -4.44. The van der Waals surface area contributed by atoms with Crippen LogP contribution in [0.2, 0.25) is 0 Å². The van der Waals surface area contributed by atoms with Gasteiger partial charge in [0.15, 0.2) is 0 Å². The van der Waals surface area contributed by atoms with Crippen molar-refractivity contribution in [2.75, 3.05) is 0 Å². The van der Waals surface area contributed by atoms with Crippen molar-refractivity contribution in [2.45, 2.75) is 39.8 Å². The van der Waals surface area contributed by atoms with E-state index in [1.165, 1.54) is 6.07 Å². The summed E-state index contributed by atoms with van der Waals surface area (Å²) in [5.74, 6) is -0.0761. The fourth-order valence-electron chi connectivity index (χ4n) is 1.18. The Labute approximate surface area is 98.8 Å². The Balaban J connectivity index is 0.00000121. The van der Waals surface area contributed by atoms with Crippen LogP contribution in [0.3, 0.4) is 0 Å². The number of nitrogens with zero attached hydrogens (tertiary/aromatic N) is 1. The van der Waals surface area contributed by atoms with Crippen LogP contribution >= 0.6 is 0 Å². The number of hydrogen-bond acceptors (Lipinski definition) is 2. The quantitative estimate of drug-likeness (QED) is 0.656. The van der Waals surface area contributed by atoms with Crippen LogP contribution < -0.4 is 0 Å². The minimum Gasteiger partial charge on any atom is -0.166 e. The van der Waals surface area contributed by atoms with Crippen LogP contribution in [0.15, 0.2) is 23.4 Å². The zero-order chi connectivity index (χ0) is 13.6. The largest absolute Gasteiger partial charge is 0.416 e. The maximum Gasteiger partial charge on any atom is 0.416 e. The van der Waals surface area contributed by atoms with Crippen molar-refractivity contribution in [1.29, 1.82) is 0 Å². The van der Waals surface area contributed by atoms with E-state index in [9.17, 15) is 18.1 Å². The molecule has 0 saturated heterocycles. The van der Waals surface area contributed by atoms with E-state index in [-0.39, 0.29) is 11.6 Å².